The van der Waals surface area contributed by atoms with Gasteiger partial charge in [-0.1, -0.05) is 78.9 Å². The first-order valence-corrected chi connectivity index (χ1v) is 11.5. The molecule has 0 unspecified atom stereocenters. The van der Waals surface area contributed by atoms with E-state index in [9.17, 15) is 9.59 Å². The Bertz CT molecular complexity index is 966. The summed E-state index contributed by atoms with van der Waals surface area (Å²) in [5, 5.41) is 3.02. The summed E-state index contributed by atoms with van der Waals surface area (Å²) < 4.78 is 0. The van der Waals surface area contributed by atoms with Gasteiger partial charge in [0.1, 0.15) is 0 Å². The molecule has 0 saturated carbocycles. The molecular formula is C28H30N2O2. The minimum absolute atomic E-state index is 0.0641. The SMILES string of the molecule is O=C(NCC[C@@H]1CCCCN1C(=O)C(c1ccccc1)c1ccccc1)c1ccccc1. The van der Waals surface area contributed by atoms with Gasteiger partial charge in [0, 0.05) is 24.7 Å². The van der Waals surface area contributed by atoms with Crippen molar-refractivity contribution in [1.29, 1.82) is 0 Å². The first kappa shape index (κ1) is 21.8. The van der Waals surface area contributed by atoms with Crippen molar-refractivity contribution in [1.82, 2.24) is 10.2 Å². The van der Waals surface area contributed by atoms with Crippen molar-refractivity contribution in [2.45, 2.75) is 37.6 Å². The molecule has 3 aromatic carbocycles. The maximum atomic E-state index is 13.9. The summed E-state index contributed by atoms with van der Waals surface area (Å²) in [5.41, 5.74) is 2.70. The van der Waals surface area contributed by atoms with Crippen LogP contribution < -0.4 is 5.32 Å². The zero-order valence-corrected chi connectivity index (χ0v) is 18.3. The van der Waals surface area contributed by atoms with Gasteiger partial charge in [-0.25, -0.2) is 0 Å². The van der Waals surface area contributed by atoms with E-state index in [-0.39, 0.29) is 23.8 Å². The summed E-state index contributed by atoms with van der Waals surface area (Å²) >= 11 is 0. The third-order valence-corrected chi connectivity index (χ3v) is 6.22. The third kappa shape index (κ3) is 5.25. The summed E-state index contributed by atoms with van der Waals surface area (Å²) in [4.78, 5) is 28.3. The number of hydrogen-bond acceptors (Lipinski definition) is 2. The number of piperidine rings is 1. The third-order valence-electron chi connectivity index (χ3n) is 6.22. The zero-order chi connectivity index (χ0) is 22.2. The van der Waals surface area contributed by atoms with Gasteiger partial charge in [-0.3, -0.25) is 9.59 Å². The number of benzene rings is 3. The second-order valence-corrected chi connectivity index (χ2v) is 8.35. The quantitative estimate of drug-likeness (QED) is 0.577. The van der Waals surface area contributed by atoms with Crippen LogP contribution in [0.2, 0.25) is 0 Å². The molecule has 2 amide bonds. The molecule has 164 valence electrons. The van der Waals surface area contributed by atoms with Gasteiger partial charge in [-0.05, 0) is 48.9 Å². The summed E-state index contributed by atoms with van der Waals surface area (Å²) in [6.45, 7) is 1.33. The van der Waals surface area contributed by atoms with E-state index in [0.717, 1.165) is 43.4 Å². The lowest BCUT2D eigenvalue weighted by molar-refractivity contribution is -0.135. The van der Waals surface area contributed by atoms with E-state index in [1.807, 2.05) is 91.0 Å². The molecule has 0 spiro atoms. The lowest BCUT2D eigenvalue weighted by Crippen LogP contribution is -2.47. The fraction of sp³-hybridized carbons (Fsp3) is 0.286. The van der Waals surface area contributed by atoms with E-state index in [1.54, 1.807) is 0 Å². The highest BCUT2D eigenvalue weighted by Crippen LogP contribution is 2.30. The highest BCUT2D eigenvalue weighted by Gasteiger charge is 2.33. The lowest BCUT2D eigenvalue weighted by atomic mass is 9.88. The van der Waals surface area contributed by atoms with Crippen molar-refractivity contribution >= 4 is 11.8 Å². The Kier molecular flexibility index (Phi) is 7.34. The summed E-state index contributed by atoms with van der Waals surface area (Å²) in [5.74, 6) is -0.218. The molecule has 4 heteroatoms. The number of amides is 2. The molecule has 0 bridgehead atoms. The Labute approximate surface area is 190 Å². The molecule has 32 heavy (non-hydrogen) atoms. The van der Waals surface area contributed by atoms with Crippen molar-refractivity contribution in [2.75, 3.05) is 13.1 Å². The smallest absolute Gasteiger partial charge is 0.251 e. The number of nitrogens with one attached hydrogen (secondary N) is 1. The van der Waals surface area contributed by atoms with Crippen molar-refractivity contribution in [3.8, 4) is 0 Å². The fourth-order valence-electron chi connectivity index (χ4n) is 4.57. The van der Waals surface area contributed by atoms with Gasteiger partial charge in [0.15, 0.2) is 0 Å². The average molecular weight is 427 g/mol. The van der Waals surface area contributed by atoms with Crippen LogP contribution in [0.15, 0.2) is 91.0 Å². The van der Waals surface area contributed by atoms with Gasteiger partial charge < -0.3 is 10.2 Å². The second kappa shape index (κ2) is 10.8. The van der Waals surface area contributed by atoms with E-state index < -0.39 is 0 Å². The predicted octanol–water partition coefficient (Wildman–Crippen LogP) is 5.02. The summed E-state index contributed by atoms with van der Waals surface area (Å²) in [6.07, 6.45) is 3.88. The molecule has 0 radical (unpaired) electrons. The number of carbonyl (C=O) groups is 2. The Balaban J connectivity index is 1.48. The molecule has 3 aromatic rings. The highest BCUT2D eigenvalue weighted by molar-refractivity contribution is 5.94. The molecule has 1 aliphatic heterocycles. The van der Waals surface area contributed by atoms with Crippen LogP contribution in [0.4, 0.5) is 0 Å². The van der Waals surface area contributed by atoms with Crippen LogP contribution in [0.1, 0.15) is 53.1 Å². The fourth-order valence-corrected chi connectivity index (χ4v) is 4.57. The first-order chi connectivity index (χ1) is 15.7. The average Bonchev–Trinajstić information content (AvgIpc) is 2.86. The van der Waals surface area contributed by atoms with Crippen molar-refractivity contribution < 1.29 is 9.59 Å². The highest BCUT2D eigenvalue weighted by atomic mass is 16.2. The van der Waals surface area contributed by atoms with Crippen LogP contribution in [0, 0.1) is 0 Å². The van der Waals surface area contributed by atoms with Crippen LogP contribution in [0.5, 0.6) is 0 Å². The minimum Gasteiger partial charge on any atom is -0.352 e. The molecular weight excluding hydrogens is 396 g/mol. The van der Waals surface area contributed by atoms with Crippen molar-refractivity contribution in [2.24, 2.45) is 0 Å². The van der Waals surface area contributed by atoms with Gasteiger partial charge in [0.25, 0.3) is 5.91 Å². The molecule has 1 fully saturated rings. The van der Waals surface area contributed by atoms with Gasteiger partial charge in [0.05, 0.1) is 5.92 Å². The topological polar surface area (TPSA) is 49.4 Å². The standard InChI is InChI=1S/C28H30N2O2/c31-27(24-16-8-3-9-17-24)29-20-19-25-18-10-11-21-30(25)28(32)26(22-12-4-1-5-13-22)23-14-6-2-7-15-23/h1-9,12-17,25-26H,10-11,18-21H2,(H,29,31)/t25-/m0/s1. The van der Waals surface area contributed by atoms with E-state index in [2.05, 4.69) is 10.2 Å². The number of rotatable bonds is 7. The van der Waals surface area contributed by atoms with E-state index in [4.69, 9.17) is 0 Å². The molecule has 0 aromatic heterocycles. The molecule has 1 N–H and O–H groups in total. The Hall–Kier alpha value is -3.40. The van der Waals surface area contributed by atoms with Crippen LogP contribution in [0.3, 0.4) is 0 Å². The maximum Gasteiger partial charge on any atom is 0.251 e. The maximum absolute atomic E-state index is 13.9. The number of likely N-dealkylation sites (tertiary alicyclic amines) is 1. The minimum atomic E-state index is -0.308. The van der Waals surface area contributed by atoms with Gasteiger partial charge in [-0.15, -0.1) is 0 Å². The van der Waals surface area contributed by atoms with Gasteiger partial charge in [-0.2, -0.15) is 0 Å². The Morgan fingerprint density at radius 2 is 1.38 bits per heavy atom. The zero-order valence-electron chi connectivity index (χ0n) is 18.3. The Morgan fingerprint density at radius 1 is 0.812 bits per heavy atom. The van der Waals surface area contributed by atoms with E-state index >= 15 is 0 Å². The number of nitrogens with zero attached hydrogens (tertiary/aromatic N) is 1. The van der Waals surface area contributed by atoms with Gasteiger partial charge >= 0.3 is 0 Å². The predicted molar refractivity (Wildman–Crippen MR) is 127 cm³/mol. The second-order valence-electron chi connectivity index (χ2n) is 8.35. The molecule has 1 saturated heterocycles. The van der Waals surface area contributed by atoms with Crippen LogP contribution in [0.25, 0.3) is 0 Å². The first-order valence-electron chi connectivity index (χ1n) is 11.5. The molecule has 0 aliphatic carbocycles. The van der Waals surface area contributed by atoms with Crippen LogP contribution in [-0.4, -0.2) is 35.8 Å². The van der Waals surface area contributed by atoms with Crippen molar-refractivity contribution in [3.05, 3.63) is 108 Å². The number of carbonyl (C=O) groups excluding carboxylic acids is 2. The largest absolute Gasteiger partial charge is 0.352 e. The molecule has 1 heterocycles. The summed E-state index contributed by atoms with van der Waals surface area (Å²) in [6, 6.07) is 29.5. The normalized spacial score (nSPS) is 16.0. The monoisotopic (exact) mass is 426 g/mol. The van der Waals surface area contributed by atoms with Crippen molar-refractivity contribution in [3.63, 3.8) is 0 Å². The molecule has 4 rings (SSSR count). The Morgan fingerprint density at radius 3 is 1.97 bits per heavy atom. The van der Waals surface area contributed by atoms with E-state index in [0.29, 0.717) is 12.1 Å². The lowest BCUT2D eigenvalue weighted by Gasteiger charge is -2.38. The van der Waals surface area contributed by atoms with Gasteiger partial charge in [0.2, 0.25) is 5.91 Å². The van der Waals surface area contributed by atoms with Crippen LogP contribution >= 0.6 is 0 Å². The molecule has 1 atom stereocenters. The van der Waals surface area contributed by atoms with Crippen LogP contribution in [-0.2, 0) is 4.79 Å². The molecule has 1 aliphatic rings. The number of hydrogen-bond donors (Lipinski definition) is 1. The van der Waals surface area contributed by atoms with E-state index in [1.165, 1.54) is 0 Å². The summed E-state index contributed by atoms with van der Waals surface area (Å²) in [7, 11) is 0. The molecule has 4 nitrogen and oxygen atoms in total.